The van der Waals surface area contributed by atoms with E-state index >= 15 is 0 Å². The third-order valence-electron chi connectivity index (χ3n) is 15.4. The highest BCUT2D eigenvalue weighted by molar-refractivity contribution is 6.11. The molecule has 0 aliphatic rings. The molecule has 0 unspecified atom stereocenters. The van der Waals surface area contributed by atoms with Crippen LogP contribution in [0.25, 0.3) is 116 Å². The Bertz CT molecular complexity index is 4340. The third kappa shape index (κ3) is 8.03. The summed E-state index contributed by atoms with van der Waals surface area (Å²) in [4.78, 5) is 2.29. The Kier molecular flexibility index (Phi) is 11.1. The van der Waals surface area contributed by atoms with Crippen LogP contribution in [0, 0.1) is 0 Å². The standard InChI is InChI=1S/C73H51N3/c1-74-70-44-39-59(56-31-25-51(26-32-56)50-21-23-54(24-22-50)55-37-42-65(43-38-55)75(62-13-5-2-6-14-62)63-15-7-3-8-16-63)48-68(70)69-49-60(40-45-71(69)74)57-33-27-52(28-34-57)53-29-35-58(36-30-53)61-41-46-73-67(47-61)66-19-11-12-20-72(66)76(73)64-17-9-4-10-18-64/h2-49H,1H3. The zero-order chi connectivity index (χ0) is 50.5. The quantitative estimate of drug-likeness (QED) is 0.133. The van der Waals surface area contributed by atoms with Crippen LogP contribution in [0.4, 0.5) is 17.1 Å². The van der Waals surface area contributed by atoms with Gasteiger partial charge in [-0.15, -0.1) is 0 Å². The first kappa shape index (κ1) is 44.7. The van der Waals surface area contributed by atoms with Crippen molar-refractivity contribution in [3.05, 3.63) is 291 Å². The Morgan fingerprint density at radius 2 is 0.500 bits per heavy atom. The van der Waals surface area contributed by atoms with E-state index in [0.717, 1.165) is 17.1 Å². The van der Waals surface area contributed by atoms with Crippen LogP contribution in [-0.4, -0.2) is 9.13 Å². The van der Waals surface area contributed by atoms with Crippen molar-refractivity contribution in [1.29, 1.82) is 0 Å². The molecule has 14 aromatic rings. The number of hydrogen-bond donors (Lipinski definition) is 0. The van der Waals surface area contributed by atoms with Gasteiger partial charge in [-0.05, 0) is 158 Å². The predicted molar refractivity (Wildman–Crippen MR) is 322 cm³/mol. The summed E-state index contributed by atoms with van der Waals surface area (Å²) in [7, 11) is 2.17. The summed E-state index contributed by atoms with van der Waals surface area (Å²) in [6.07, 6.45) is 0. The maximum atomic E-state index is 2.37. The van der Waals surface area contributed by atoms with Crippen LogP contribution < -0.4 is 4.90 Å². The van der Waals surface area contributed by atoms with Crippen LogP contribution in [0.5, 0.6) is 0 Å². The lowest BCUT2D eigenvalue weighted by atomic mass is 9.96. The molecule has 0 spiro atoms. The molecule has 358 valence electrons. The molecule has 2 heterocycles. The van der Waals surface area contributed by atoms with E-state index in [2.05, 4.69) is 312 Å². The van der Waals surface area contributed by atoms with E-state index in [0.29, 0.717) is 0 Å². The number of nitrogens with zero attached hydrogens (tertiary/aromatic N) is 3. The van der Waals surface area contributed by atoms with Crippen molar-refractivity contribution in [3.8, 4) is 72.4 Å². The van der Waals surface area contributed by atoms with Crippen molar-refractivity contribution in [3.63, 3.8) is 0 Å². The van der Waals surface area contributed by atoms with E-state index in [9.17, 15) is 0 Å². The van der Waals surface area contributed by atoms with Gasteiger partial charge < -0.3 is 14.0 Å². The number of anilines is 3. The second-order valence-corrected chi connectivity index (χ2v) is 19.8. The number of para-hydroxylation sites is 4. The maximum absolute atomic E-state index is 2.37. The number of aromatic nitrogens is 2. The summed E-state index contributed by atoms with van der Waals surface area (Å²) in [5, 5.41) is 5.04. The van der Waals surface area contributed by atoms with Gasteiger partial charge in [0.1, 0.15) is 0 Å². The van der Waals surface area contributed by atoms with Gasteiger partial charge in [-0.2, -0.15) is 0 Å². The molecule has 0 N–H and O–H groups in total. The molecule has 0 bridgehead atoms. The Morgan fingerprint density at radius 1 is 0.224 bits per heavy atom. The summed E-state index contributed by atoms with van der Waals surface area (Å²) >= 11 is 0. The molecule has 76 heavy (non-hydrogen) atoms. The zero-order valence-electron chi connectivity index (χ0n) is 42.1. The molecule has 0 atom stereocenters. The molecule has 0 fully saturated rings. The predicted octanol–water partition coefficient (Wildman–Crippen LogP) is 19.9. The molecule has 3 nitrogen and oxygen atoms in total. The fourth-order valence-electron chi connectivity index (χ4n) is 11.4. The minimum atomic E-state index is 1.12. The fraction of sp³-hybridized carbons (Fsp3) is 0.0137. The first-order valence-corrected chi connectivity index (χ1v) is 26.1. The van der Waals surface area contributed by atoms with Gasteiger partial charge in [0, 0.05) is 62.4 Å². The molecule has 0 saturated heterocycles. The molecule has 12 aromatic carbocycles. The summed E-state index contributed by atoms with van der Waals surface area (Å²) < 4.78 is 4.68. The maximum Gasteiger partial charge on any atom is 0.0541 e. The number of benzene rings is 12. The van der Waals surface area contributed by atoms with Crippen molar-refractivity contribution in [1.82, 2.24) is 9.13 Å². The minimum Gasteiger partial charge on any atom is -0.344 e. The minimum absolute atomic E-state index is 1.12. The highest BCUT2D eigenvalue weighted by Gasteiger charge is 2.16. The van der Waals surface area contributed by atoms with Crippen LogP contribution in [0.3, 0.4) is 0 Å². The van der Waals surface area contributed by atoms with Crippen LogP contribution in [-0.2, 0) is 7.05 Å². The molecule has 2 aromatic heterocycles. The van der Waals surface area contributed by atoms with Gasteiger partial charge >= 0.3 is 0 Å². The van der Waals surface area contributed by atoms with E-state index in [4.69, 9.17) is 0 Å². The highest BCUT2D eigenvalue weighted by Crippen LogP contribution is 2.40. The number of aryl methyl sites for hydroxylation is 1. The van der Waals surface area contributed by atoms with Crippen LogP contribution >= 0.6 is 0 Å². The van der Waals surface area contributed by atoms with E-state index in [1.54, 1.807) is 0 Å². The Hall–Kier alpha value is -9.96. The molecule has 3 heteroatoms. The van der Waals surface area contributed by atoms with E-state index in [1.807, 2.05) is 0 Å². The summed E-state index contributed by atoms with van der Waals surface area (Å²) in [6.45, 7) is 0. The van der Waals surface area contributed by atoms with Gasteiger partial charge in [0.15, 0.2) is 0 Å². The van der Waals surface area contributed by atoms with Gasteiger partial charge in [-0.25, -0.2) is 0 Å². The average molecular weight is 970 g/mol. The van der Waals surface area contributed by atoms with E-state index in [-0.39, 0.29) is 0 Å². The molecular formula is C73H51N3. The lowest BCUT2D eigenvalue weighted by Crippen LogP contribution is -2.09. The highest BCUT2D eigenvalue weighted by atomic mass is 15.1. The molecule has 0 aliphatic heterocycles. The SMILES string of the molecule is Cn1c2ccc(-c3ccc(-c4ccc(-c5ccc(N(c6ccccc6)c6ccccc6)cc5)cc4)cc3)cc2c2cc(-c3ccc(-c4ccc(-c5ccc6c(c5)c5ccccc5n6-c5ccccc5)cc4)cc3)ccc21. The van der Waals surface area contributed by atoms with Crippen LogP contribution in [0.2, 0.25) is 0 Å². The fourth-order valence-corrected chi connectivity index (χ4v) is 11.4. The molecule has 0 amide bonds. The van der Waals surface area contributed by atoms with Crippen LogP contribution in [0.15, 0.2) is 291 Å². The van der Waals surface area contributed by atoms with Crippen molar-refractivity contribution in [2.24, 2.45) is 7.05 Å². The lowest BCUT2D eigenvalue weighted by molar-refractivity contribution is 1.01. The van der Waals surface area contributed by atoms with Gasteiger partial charge in [0.2, 0.25) is 0 Å². The second kappa shape index (κ2) is 18.8. The molecule has 0 saturated carbocycles. The summed E-state index contributed by atoms with van der Waals surface area (Å²) in [5.74, 6) is 0. The number of hydrogen-bond acceptors (Lipinski definition) is 1. The lowest BCUT2D eigenvalue weighted by Gasteiger charge is -2.25. The van der Waals surface area contributed by atoms with Gasteiger partial charge in [-0.1, -0.05) is 200 Å². The van der Waals surface area contributed by atoms with Gasteiger partial charge in [0.05, 0.1) is 11.0 Å². The molecule has 0 radical (unpaired) electrons. The number of rotatable bonds is 10. The zero-order valence-corrected chi connectivity index (χ0v) is 42.1. The van der Waals surface area contributed by atoms with Gasteiger partial charge in [0.25, 0.3) is 0 Å². The monoisotopic (exact) mass is 969 g/mol. The normalized spacial score (nSPS) is 11.5. The Balaban J connectivity index is 0.683. The first-order chi connectivity index (χ1) is 37.6. The molecule has 14 rings (SSSR count). The van der Waals surface area contributed by atoms with Crippen molar-refractivity contribution in [2.75, 3.05) is 4.90 Å². The Morgan fingerprint density at radius 3 is 0.908 bits per heavy atom. The summed E-state index contributed by atoms with van der Waals surface area (Å²) in [6, 6.07) is 106. The first-order valence-electron chi connectivity index (χ1n) is 26.1. The van der Waals surface area contributed by atoms with E-state index in [1.165, 1.54) is 116 Å². The molecular weight excluding hydrogens is 919 g/mol. The topological polar surface area (TPSA) is 13.1 Å². The average Bonchev–Trinajstić information content (AvgIpc) is 4.00. The second-order valence-electron chi connectivity index (χ2n) is 19.8. The van der Waals surface area contributed by atoms with Crippen molar-refractivity contribution in [2.45, 2.75) is 0 Å². The van der Waals surface area contributed by atoms with E-state index < -0.39 is 0 Å². The third-order valence-corrected chi connectivity index (χ3v) is 15.4. The van der Waals surface area contributed by atoms with Gasteiger partial charge in [-0.3, -0.25) is 0 Å². The molecule has 0 aliphatic carbocycles. The number of fused-ring (bicyclic) bond motifs is 6. The van der Waals surface area contributed by atoms with Crippen molar-refractivity contribution >= 4 is 60.7 Å². The van der Waals surface area contributed by atoms with Crippen molar-refractivity contribution < 1.29 is 0 Å². The smallest absolute Gasteiger partial charge is 0.0541 e. The summed E-state index contributed by atoms with van der Waals surface area (Å²) in [5.41, 5.74) is 23.9. The largest absolute Gasteiger partial charge is 0.344 e. The van der Waals surface area contributed by atoms with Crippen LogP contribution in [0.1, 0.15) is 0 Å². The Labute approximate surface area is 443 Å².